The first-order chi connectivity index (χ1) is 12.9. The summed E-state index contributed by atoms with van der Waals surface area (Å²) in [4.78, 5) is 27.5. The van der Waals surface area contributed by atoms with E-state index in [1.54, 1.807) is 6.07 Å². The maximum atomic E-state index is 13.5. The van der Waals surface area contributed by atoms with E-state index >= 15 is 0 Å². The molecule has 0 spiro atoms. The van der Waals surface area contributed by atoms with Gasteiger partial charge in [-0.25, -0.2) is 4.39 Å². The molecule has 0 unspecified atom stereocenters. The van der Waals surface area contributed by atoms with Gasteiger partial charge < -0.3 is 10.6 Å². The van der Waals surface area contributed by atoms with Gasteiger partial charge in [0.05, 0.1) is 6.42 Å². The predicted molar refractivity (Wildman–Crippen MR) is 103 cm³/mol. The minimum absolute atomic E-state index is 0.0724. The van der Waals surface area contributed by atoms with E-state index in [9.17, 15) is 14.0 Å². The molecule has 2 aliphatic rings. The zero-order chi connectivity index (χ0) is 19.4. The highest BCUT2D eigenvalue weighted by Gasteiger charge is 2.51. The lowest BCUT2D eigenvalue weighted by atomic mass is 9.84. The fourth-order valence-electron chi connectivity index (χ4n) is 4.35. The highest BCUT2D eigenvalue weighted by molar-refractivity contribution is 6.30. The van der Waals surface area contributed by atoms with Crippen molar-refractivity contribution in [2.45, 2.75) is 57.0 Å². The monoisotopic (exact) mass is 395 g/mol. The van der Waals surface area contributed by atoms with Gasteiger partial charge in [0.25, 0.3) is 0 Å². The Balaban J connectivity index is 1.64. The summed E-state index contributed by atoms with van der Waals surface area (Å²) in [5.41, 5.74) is 0.0386. The van der Waals surface area contributed by atoms with Crippen molar-refractivity contribution >= 4 is 23.4 Å². The third-order valence-electron chi connectivity index (χ3n) is 5.51. The molecular weight excluding hydrogens is 369 g/mol. The first-order valence-electron chi connectivity index (χ1n) is 9.70. The Morgan fingerprint density at radius 3 is 2.89 bits per heavy atom. The number of hydrogen-bond acceptors (Lipinski definition) is 3. The number of hydrogen-bond donors (Lipinski definition) is 2. The van der Waals surface area contributed by atoms with Gasteiger partial charge in [-0.3, -0.25) is 14.5 Å². The number of carbonyl (C=O) groups is 2. The van der Waals surface area contributed by atoms with E-state index in [0.29, 0.717) is 25.1 Å². The van der Waals surface area contributed by atoms with Gasteiger partial charge in [0.15, 0.2) is 0 Å². The number of fused-ring (bicyclic) bond motifs is 1. The molecule has 1 aromatic rings. The van der Waals surface area contributed by atoms with Crippen molar-refractivity contribution < 1.29 is 14.0 Å². The van der Waals surface area contributed by atoms with E-state index in [-0.39, 0.29) is 29.3 Å². The number of benzene rings is 1. The minimum Gasteiger partial charge on any atom is -0.355 e. The summed E-state index contributed by atoms with van der Waals surface area (Å²) in [6.07, 6.45) is 4.53. The van der Waals surface area contributed by atoms with Crippen molar-refractivity contribution in [1.82, 2.24) is 15.5 Å². The molecule has 0 aromatic heterocycles. The number of nitrogens with one attached hydrogen (secondary N) is 2. The average Bonchev–Trinajstić information content (AvgIpc) is 2.97. The number of rotatable bonds is 6. The number of halogens is 2. The van der Waals surface area contributed by atoms with Crippen molar-refractivity contribution in [3.8, 4) is 0 Å². The molecule has 5 nitrogen and oxygen atoms in total. The van der Waals surface area contributed by atoms with Gasteiger partial charge in [0, 0.05) is 24.2 Å². The summed E-state index contributed by atoms with van der Waals surface area (Å²) >= 11 is 5.86. The number of nitrogens with zero attached hydrogens (tertiary/aromatic N) is 1. The summed E-state index contributed by atoms with van der Waals surface area (Å²) in [5.74, 6) is -0.543. The fourth-order valence-corrected chi connectivity index (χ4v) is 4.60. The second kappa shape index (κ2) is 8.57. The molecule has 27 heavy (non-hydrogen) atoms. The molecule has 2 amide bonds. The molecular formula is C20H27ClFN3O2. The van der Waals surface area contributed by atoms with Crippen LogP contribution in [0, 0.1) is 5.82 Å². The highest BCUT2D eigenvalue weighted by atomic mass is 35.5. The molecule has 0 bridgehead atoms. The van der Waals surface area contributed by atoms with Gasteiger partial charge in [0.2, 0.25) is 11.8 Å². The molecule has 0 radical (unpaired) electrons. The Kier molecular flexibility index (Phi) is 6.37. The van der Waals surface area contributed by atoms with Crippen molar-refractivity contribution in [1.29, 1.82) is 0 Å². The zero-order valence-electron chi connectivity index (χ0n) is 15.7. The fraction of sp³-hybridized carbons (Fsp3) is 0.600. The van der Waals surface area contributed by atoms with Crippen LogP contribution in [0.1, 0.15) is 44.6 Å². The number of piperidine rings is 1. The van der Waals surface area contributed by atoms with E-state index < -0.39 is 11.4 Å². The molecule has 2 fully saturated rings. The maximum absolute atomic E-state index is 13.5. The first-order valence-corrected chi connectivity index (χ1v) is 10.1. The van der Waals surface area contributed by atoms with Crippen LogP contribution in [-0.4, -0.2) is 47.9 Å². The van der Waals surface area contributed by atoms with Crippen molar-refractivity contribution in [3.05, 3.63) is 34.6 Å². The lowest BCUT2D eigenvalue weighted by Crippen LogP contribution is -2.57. The standard InChI is InChI=1S/C20H27ClFN3O2/c1-2-6-23-19(27)20-5-3-4-7-25(20)13-17(12-20)24-18(26)10-14-8-15(21)11-16(22)9-14/h8-9,11,17H,2-7,10,12-13H2,1H3,(H,23,27)(H,24,26)/t17-,20-/m0/s1. The maximum Gasteiger partial charge on any atom is 0.240 e. The number of amides is 2. The average molecular weight is 396 g/mol. The predicted octanol–water partition coefficient (Wildman–Crippen LogP) is 2.66. The molecule has 148 valence electrons. The minimum atomic E-state index is -0.506. The third kappa shape index (κ3) is 4.61. The van der Waals surface area contributed by atoms with Crippen LogP contribution in [0.4, 0.5) is 4.39 Å². The van der Waals surface area contributed by atoms with Crippen LogP contribution >= 0.6 is 11.6 Å². The molecule has 2 saturated heterocycles. The first kappa shape index (κ1) is 20.1. The van der Waals surface area contributed by atoms with E-state index in [4.69, 9.17) is 11.6 Å². The zero-order valence-corrected chi connectivity index (χ0v) is 16.4. The molecule has 1 aromatic carbocycles. The van der Waals surface area contributed by atoms with Gasteiger partial charge >= 0.3 is 0 Å². The Bertz CT molecular complexity index is 694. The summed E-state index contributed by atoms with van der Waals surface area (Å²) in [6, 6.07) is 4.06. The molecule has 0 saturated carbocycles. The van der Waals surface area contributed by atoms with E-state index in [0.717, 1.165) is 32.2 Å². The largest absolute Gasteiger partial charge is 0.355 e. The van der Waals surface area contributed by atoms with Crippen LogP contribution in [0.3, 0.4) is 0 Å². The molecule has 7 heteroatoms. The van der Waals surface area contributed by atoms with Crippen LogP contribution in [0.15, 0.2) is 18.2 Å². The quantitative estimate of drug-likeness (QED) is 0.778. The molecule has 3 rings (SSSR count). The summed E-state index contributed by atoms with van der Waals surface area (Å²) in [6.45, 7) is 4.26. The molecule has 2 aliphatic heterocycles. The van der Waals surface area contributed by atoms with E-state index in [2.05, 4.69) is 15.5 Å². The SMILES string of the molecule is CCCNC(=O)[C@@]12CCCCN1C[C@@H](NC(=O)Cc1cc(F)cc(Cl)c1)C2. The van der Waals surface area contributed by atoms with Gasteiger partial charge in [-0.2, -0.15) is 0 Å². The molecule has 2 N–H and O–H groups in total. The number of carbonyl (C=O) groups excluding carboxylic acids is 2. The Hall–Kier alpha value is -1.66. The van der Waals surface area contributed by atoms with Gasteiger partial charge in [0.1, 0.15) is 11.4 Å². The Morgan fingerprint density at radius 2 is 2.15 bits per heavy atom. The van der Waals surface area contributed by atoms with Crippen LogP contribution in [0.2, 0.25) is 5.02 Å². The van der Waals surface area contributed by atoms with Gasteiger partial charge in [-0.1, -0.05) is 18.5 Å². The van der Waals surface area contributed by atoms with Crippen LogP contribution in [-0.2, 0) is 16.0 Å². The summed E-state index contributed by atoms with van der Waals surface area (Å²) in [5, 5.41) is 6.35. The van der Waals surface area contributed by atoms with Gasteiger partial charge in [-0.05, 0) is 62.4 Å². The second-order valence-electron chi connectivity index (χ2n) is 7.61. The molecule has 0 aliphatic carbocycles. The van der Waals surface area contributed by atoms with E-state index in [1.807, 2.05) is 6.92 Å². The molecule has 2 heterocycles. The summed E-state index contributed by atoms with van der Waals surface area (Å²) in [7, 11) is 0. The van der Waals surface area contributed by atoms with Gasteiger partial charge in [-0.15, -0.1) is 0 Å². The topological polar surface area (TPSA) is 61.4 Å². The second-order valence-corrected chi connectivity index (χ2v) is 8.05. The smallest absolute Gasteiger partial charge is 0.240 e. The van der Waals surface area contributed by atoms with Crippen molar-refractivity contribution in [2.24, 2.45) is 0 Å². The Morgan fingerprint density at radius 1 is 1.33 bits per heavy atom. The lowest BCUT2D eigenvalue weighted by molar-refractivity contribution is -0.134. The Labute approximate surface area is 164 Å². The van der Waals surface area contributed by atoms with Crippen LogP contribution in [0.5, 0.6) is 0 Å². The summed E-state index contributed by atoms with van der Waals surface area (Å²) < 4.78 is 13.5. The van der Waals surface area contributed by atoms with Crippen LogP contribution < -0.4 is 10.6 Å². The molecule has 2 atom stereocenters. The van der Waals surface area contributed by atoms with E-state index in [1.165, 1.54) is 12.1 Å². The third-order valence-corrected chi connectivity index (χ3v) is 5.73. The van der Waals surface area contributed by atoms with Crippen LogP contribution in [0.25, 0.3) is 0 Å². The van der Waals surface area contributed by atoms with Crippen molar-refractivity contribution in [3.63, 3.8) is 0 Å². The highest BCUT2D eigenvalue weighted by Crippen LogP contribution is 2.38. The van der Waals surface area contributed by atoms with Crippen molar-refractivity contribution in [2.75, 3.05) is 19.6 Å². The lowest BCUT2D eigenvalue weighted by Gasteiger charge is -2.40. The normalized spacial score (nSPS) is 25.1.